The van der Waals surface area contributed by atoms with Crippen molar-refractivity contribution in [2.45, 2.75) is 51.1 Å². The van der Waals surface area contributed by atoms with Gasteiger partial charge in [0.25, 0.3) is 0 Å². The number of piperidine rings is 1. The molecule has 2 saturated heterocycles. The van der Waals surface area contributed by atoms with Crippen molar-refractivity contribution in [1.82, 2.24) is 4.90 Å². The van der Waals surface area contributed by atoms with E-state index in [4.69, 9.17) is 0 Å². The molecule has 2 fully saturated rings. The Morgan fingerprint density at radius 1 is 1.18 bits per heavy atom. The lowest BCUT2D eigenvalue weighted by molar-refractivity contribution is 0.132. The highest BCUT2D eigenvalue weighted by Crippen LogP contribution is 2.38. The highest BCUT2D eigenvalue weighted by atomic mass is 15.2. The van der Waals surface area contributed by atoms with Crippen LogP contribution in [0.15, 0.2) is 0 Å². The van der Waals surface area contributed by atoms with E-state index in [0.29, 0.717) is 0 Å². The van der Waals surface area contributed by atoms with Crippen molar-refractivity contribution >= 4 is 0 Å². The molecule has 0 unspecified atom stereocenters. The van der Waals surface area contributed by atoms with Crippen LogP contribution in [0.2, 0.25) is 0 Å². The van der Waals surface area contributed by atoms with Crippen molar-refractivity contribution < 1.29 is 0 Å². The molecule has 11 heavy (non-hydrogen) atoms. The minimum absolute atomic E-state index is 0.943. The number of nitrogens with zero attached hydrogens (tertiary/aromatic N) is 1. The fourth-order valence-electron chi connectivity index (χ4n) is 2.86. The van der Waals surface area contributed by atoms with E-state index in [-0.39, 0.29) is 0 Å². The van der Waals surface area contributed by atoms with E-state index >= 15 is 0 Å². The first-order valence-corrected chi connectivity index (χ1v) is 5.03. The third-order valence-corrected chi connectivity index (χ3v) is 3.77. The summed E-state index contributed by atoms with van der Waals surface area (Å²) in [6.45, 7) is 2.34. The molecule has 2 aliphatic heterocycles. The molecule has 0 aliphatic carbocycles. The Morgan fingerprint density at radius 2 is 1.73 bits per heavy atom. The van der Waals surface area contributed by atoms with Gasteiger partial charge in [0.1, 0.15) is 0 Å². The van der Waals surface area contributed by atoms with Crippen LogP contribution in [0.5, 0.6) is 0 Å². The van der Waals surface area contributed by atoms with Gasteiger partial charge in [0, 0.05) is 12.1 Å². The Kier molecular flexibility index (Phi) is 1.92. The molecule has 3 atom stereocenters. The average molecular weight is 153 g/mol. The van der Waals surface area contributed by atoms with Crippen LogP contribution in [0.1, 0.15) is 39.0 Å². The predicted octanol–water partition coefficient (Wildman–Crippen LogP) is 2.27. The zero-order valence-corrected chi connectivity index (χ0v) is 7.71. The van der Waals surface area contributed by atoms with Gasteiger partial charge in [-0.3, -0.25) is 0 Å². The number of hydrogen-bond donors (Lipinski definition) is 0. The average Bonchev–Trinajstić information content (AvgIpc) is 2.26. The van der Waals surface area contributed by atoms with E-state index < -0.39 is 0 Å². The van der Waals surface area contributed by atoms with Gasteiger partial charge in [-0.1, -0.05) is 13.3 Å². The molecule has 2 bridgehead atoms. The van der Waals surface area contributed by atoms with Crippen molar-refractivity contribution in [2.24, 2.45) is 5.92 Å². The van der Waals surface area contributed by atoms with Gasteiger partial charge in [0.15, 0.2) is 0 Å². The van der Waals surface area contributed by atoms with Crippen LogP contribution < -0.4 is 0 Å². The molecule has 0 aromatic heterocycles. The smallest absolute Gasteiger partial charge is 0.00983 e. The first-order valence-electron chi connectivity index (χ1n) is 5.03. The minimum atomic E-state index is 0.943. The van der Waals surface area contributed by atoms with Gasteiger partial charge < -0.3 is 4.90 Å². The molecular weight excluding hydrogens is 134 g/mol. The van der Waals surface area contributed by atoms with Gasteiger partial charge in [0.2, 0.25) is 0 Å². The molecular formula is C10H19N. The lowest BCUT2D eigenvalue weighted by Crippen LogP contribution is -2.39. The highest BCUT2D eigenvalue weighted by Gasteiger charge is 2.37. The van der Waals surface area contributed by atoms with Crippen molar-refractivity contribution in [3.8, 4) is 0 Å². The van der Waals surface area contributed by atoms with Gasteiger partial charge in [-0.15, -0.1) is 0 Å². The second-order valence-electron chi connectivity index (χ2n) is 4.30. The second kappa shape index (κ2) is 2.78. The maximum atomic E-state index is 2.62. The maximum absolute atomic E-state index is 2.62. The number of rotatable bonds is 1. The van der Waals surface area contributed by atoms with Crippen LogP contribution in [0.25, 0.3) is 0 Å². The SMILES string of the molecule is CC[C@@H]1C[C@H]2CC[C@@H](C1)N2C. The lowest BCUT2D eigenvalue weighted by Gasteiger charge is -2.35. The Morgan fingerprint density at radius 3 is 2.18 bits per heavy atom. The number of fused-ring (bicyclic) bond motifs is 2. The standard InChI is InChI=1S/C10H19N/c1-3-8-6-9-4-5-10(7-8)11(9)2/h8-10H,3-7H2,1-2H3/t8-,9-,10+. The molecule has 0 saturated carbocycles. The lowest BCUT2D eigenvalue weighted by atomic mass is 9.89. The van der Waals surface area contributed by atoms with Gasteiger partial charge in [-0.25, -0.2) is 0 Å². The fraction of sp³-hybridized carbons (Fsp3) is 1.00. The van der Waals surface area contributed by atoms with E-state index in [1.54, 1.807) is 0 Å². The Bertz CT molecular complexity index is 130. The van der Waals surface area contributed by atoms with E-state index in [9.17, 15) is 0 Å². The largest absolute Gasteiger partial charge is 0.300 e. The predicted molar refractivity (Wildman–Crippen MR) is 47.6 cm³/mol. The first-order chi connectivity index (χ1) is 5.31. The van der Waals surface area contributed by atoms with Crippen molar-refractivity contribution in [2.75, 3.05) is 7.05 Å². The first kappa shape index (κ1) is 7.60. The van der Waals surface area contributed by atoms with E-state index in [1.165, 1.54) is 32.1 Å². The molecule has 1 heteroatoms. The molecule has 2 rings (SSSR count). The van der Waals surface area contributed by atoms with Crippen LogP contribution in [0, 0.1) is 5.92 Å². The normalized spacial score (nSPS) is 44.7. The summed E-state index contributed by atoms with van der Waals surface area (Å²) in [7, 11) is 2.31. The third kappa shape index (κ3) is 1.20. The fourth-order valence-corrected chi connectivity index (χ4v) is 2.86. The van der Waals surface area contributed by atoms with Gasteiger partial charge in [-0.2, -0.15) is 0 Å². The molecule has 0 aromatic rings. The summed E-state index contributed by atoms with van der Waals surface area (Å²) in [6.07, 6.45) is 7.29. The molecule has 2 heterocycles. The summed E-state index contributed by atoms with van der Waals surface area (Å²) >= 11 is 0. The summed E-state index contributed by atoms with van der Waals surface area (Å²) in [5.74, 6) is 1.05. The van der Waals surface area contributed by atoms with E-state index in [0.717, 1.165) is 18.0 Å². The molecule has 1 nitrogen and oxygen atoms in total. The zero-order valence-electron chi connectivity index (χ0n) is 7.71. The van der Waals surface area contributed by atoms with Crippen molar-refractivity contribution in [3.63, 3.8) is 0 Å². The quantitative estimate of drug-likeness (QED) is 0.558. The molecule has 0 amide bonds. The molecule has 64 valence electrons. The van der Waals surface area contributed by atoms with Gasteiger partial charge in [-0.05, 0) is 38.6 Å². The van der Waals surface area contributed by atoms with Crippen LogP contribution in [0.4, 0.5) is 0 Å². The third-order valence-electron chi connectivity index (χ3n) is 3.77. The summed E-state index contributed by atoms with van der Waals surface area (Å²) in [4.78, 5) is 2.62. The van der Waals surface area contributed by atoms with Crippen LogP contribution in [0.3, 0.4) is 0 Å². The van der Waals surface area contributed by atoms with Crippen molar-refractivity contribution in [1.29, 1.82) is 0 Å². The summed E-state index contributed by atoms with van der Waals surface area (Å²) in [5.41, 5.74) is 0. The van der Waals surface area contributed by atoms with E-state index in [1.807, 2.05) is 0 Å². The highest BCUT2D eigenvalue weighted by molar-refractivity contribution is 4.92. The monoisotopic (exact) mass is 153 g/mol. The maximum Gasteiger partial charge on any atom is 0.00983 e. The topological polar surface area (TPSA) is 3.24 Å². The Balaban J connectivity index is 2.02. The Hall–Kier alpha value is -0.0400. The molecule has 0 spiro atoms. The van der Waals surface area contributed by atoms with Crippen LogP contribution in [-0.2, 0) is 0 Å². The zero-order chi connectivity index (χ0) is 7.84. The number of hydrogen-bond acceptors (Lipinski definition) is 1. The summed E-state index contributed by atoms with van der Waals surface area (Å²) < 4.78 is 0. The summed E-state index contributed by atoms with van der Waals surface area (Å²) in [5, 5.41) is 0. The van der Waals surface area contributed by atoms with Crippen molar-refractivity contribution in [3.05, 3.63) is 0 Å². The molecule has 2 aliphatic rings. The van der Waals surface area contributed by atoms with Crippen LogP contribution >= 0.6 is 0 Å². The minimum Gasteiger partial charge on any atom is -0.300 e. The summed E-state index contributed by atoms with van der Waals surface area (Å²) in [6, 6.07) is 1.89. The molecule has 0 aromatic carbocycles. The molecule has 0 N–H and O–H groups in total. The second-order valence-corrected chi connectivity index (χ2v) is 4.30. The Labute approximate surface area is 69.8 Å². The van der Waals surface area contributed by atoms with E-state index in [2.05, 4.69) is 18.9 Å². The molecule has 0 radical (unpaired) electrons. The van der Waals surface area contributed by atoms with Crippen LogP contribution in [-0.4, -0.2) is 24.0 Å². The van der Waals surface area contributed by atoms with Gasteiger partial charge >= 0.3 is 0 Å². The van der Waals surface area contributed by atoms with Gasteiger partial charge in [0.05, 0.1) is 0 Å².